The molecule has 2 N–H and O–H groups in total. The second-order valence-electron chi connectivity index (χ2n) is 3.18. The van der Waals surface area contributed by atoms with Crippen LogP contribution in [0.1, 0.15) is 29.4 Å². The van der Waals surface area contributed by atoms with Crippen LogP contribution in [0.25, 0.3) is 0 Å². The summed E-state index contributed by atoms with van der Waals surface area (Å²) in [6.07, 6.45) is 1.72. The molecule has 7 heteroatoms. The Morgan fingerprint density at radius 3 is 2.79 bits per heavy atom. The predicted octanol–water partition coefficient (Wildman–Crippen LogP) is 0.225. The Hall–Kier alpha value is -1.92. The van der Waals surface area contributed by atoms with Crippen LogP contribution in [0.2, 0.25) is 0 Å². The molecule has 1 aliphatic carbocycles. The van der Waals surface area contributed by atoms with Crippen molar-refractivity contribution in [3.63, 3.8) is 0 Å². The van der Waals surface area contributed by atoms with E-state index in [2.05, 4.69) is 5.10 Å². The third-order valence-electron chi connectivity index (χ3n) is 2.05. The number of hydrogen-bond donors (Lipinski definition) is 1. The number of carbonyl (C=O) groups excluding carboxylic acids is 1. The van der Waals surface area contributed by atoms with Crippen LogP contribution >= 0.6 is 0 Å². The fourth-order valence-electron chi connectivity index (χ4n) is 1.23. The van der Waals surface area contributed by atoms with Gasteiger partial charge in [-0.15, -0.1) is 4.68 Å². The number of carbonyl (C=O) groups is 1. The maximum atomic E-state index is 10.8. The molecule has 14 heavy (non-hydrogen) atoms. The van der Waals surface area contributed by atoms with E-state index in [1.165, 1.54) is 4.68 Å². The fourth-order valence-corrected chi connectivity index (χ4v) is 1.23. The highest BCUT2D eigenvalue weighted by Gasteiger charge is 2.35. The summed E-state index contributed by atoms with van der Waals surface area (Å²) in [5.74, 6) is -0.909. The quantitative estimate of drug-likeness (QED) is 0.551. The SMILES string of the molecule is NC(=O)c1cc([N+](=O)[O-])n(C2CC2)n1. The number of hydrogen-bond acceptors (Lipinski definition) is 4. The van der Waals surface area contributed by atoms with Gasteiger partial charge < -0.3 is 15.8 Å². The molecule has 2 rings (SSSR count). The first-order chi connectivity index (χ1) is 6.59. The summed E-state index contributed by atoms with van der Waals surface area (Å²) >= 11 is 0. The summed E-state index contributed by atoms with van der Waals surface area (Å²) in [6.45, 7) is 0. The predicted molar refractivity (Wildman–Crippen MR) is 45.7 cm³/mol. The molecule has 0 saturated heterocycles. The van der Waals surface area contributed by atoms with E-state index in [1.54, 1.807) is 0 Å². The molecule has 1 aliphatic rings. The average molecular weight is 196 g/mol. The van der Waals surface area contributed by atoms with Gasteiger partial charge in [0, 0.05) is 0 Å². The van der Waals surface area contributed by atoms with E-state index in [0.717, 1.165) is 18.9 Å². The van der Waals surface area contributed by atoms with Crippen LogP contribution in [-0.4, -0.2) is 20.6 Å². The lowest BCUT2D eigenvalue weighted by Crippen LogP contribution is -2.12. The highest BCUT2D eigenvalue weighted by Crippen LogP contribution is 2.37. The van der Waals surface area contributed by atoms with Crippen LogP contribution in [0.3, 0.4) is 0 Å². The molecule has 1 saturated carbocycles. The van der Waals surface area contributed by atoms with Gasteiger partial charge in [0.2, 0.25) is 0 Å². The highest BCUT2D eigenvalue weighted by molar-refractivity contribution is 5.91. The maximum absolute atomic E-state index is 10.8. The molecule has 0 bridgehead atoms. The molecule has 0 spiro atoms. The molecule has 0 aliphatic heterocycles. The van der Waals surface area contributed by atoms with Crippen molar-refractivity contribution in [2.45, 2.75) is 18.9 Å². The molecule has 7 nitrogen and oxygen atoms in total. The molecule has 1 aromatic heterocycles. The standard InChI is InChI=1S/C7H8N4O3/c8-7(12)5-3-6(11(13)14)10(9-5)4-1-2-4/h3-4H,1-2H2,(H2,8,12). The van der Waals surface area contributed by atoms with Crippen molar-refractivity contribution in [1.82, 2.24) is 9.78 Å². The van der Waals surface area contributed by atoms with E-state index in [4.69, 9.17) is 5.73 Å². The molecule has 1 fully saturated rings. The third-order valence-corrected chi connectivity index (χ3v) is 2.05. The van der Waals surface area contributed by atoms with E-state index >= 15 is 0 Å². The Morgan fingerprint density at radius 1 is 1.71 bits per heavy atom. The van der Waals surface area contributed by atoms with Gasteiger partial charge in [-0.25, -0.2) is 0 Å². The van der Waals surface area contributed by atoms with E-state index in [0.29, 0.717) is 0 Å². The molecule has 1 heterocycles. The van der Waals surface area contributed by atoms with E-state index in [-0.39, 0.29) is 17.6 Å². The molecule has 0 atom stereocenters. The maximum Gasteiger partial charge on any atom is 0.345 e. The summed E-state index contributed by atoms with van der Waals surface area (Å²) in [5.41, 5.74) is 4.93. The number of amides is 1. The van der Waals surface area contributed by atoms with Crippen LogP contribution in [0.4, 0.5) is 5.82 Å². The van der Waals surface area contributed by atoms with Gasteiger partial charge in [-0.3, -0.25) is 4.79 Å². The first-order valence-electron chi connectivity index (χ1n) is 4.13. The van der Waals surface area contributed by atoms with Crippen LogP contribution in [0.15, 0.2) is 6.07 Å². The topological polar surface area (TPSA) is 104 Å². The second kappa shape index (κ2) is 2.79. The first-order valence-corrected chi connectivity index (χ1v) is 4.13. The van der Waals surface area contributed by atoms with Crippen molar-refractivity contribution < 1.29 is 9.72 Å². The summed E-state index contributed by atoms with van der Waals surface area (Å²) in [5, 5.41) is 14.4. The number of nitro groups is 1. The summed E-state index contributed by atoms with van der Waals surface area (Å²) in [7, 11) is 0. The zero-order chi connectivity index (χ0) is 10.3. The zero-order valence-electron chi connectivity index (χ0n) is 7.21. The molecule has 1 amide bonds. The molecular formula is C7H8N4O3. The van der Waals surface area contributed by atoms with Crippen molar-refractivity contribution in [1.29, 1.82) is 0 Å². The van der Waals surface area contributed by atoms with E-state index < -0.39 is 10.8 Å². The lowest BCUT2D eigenvalue weighted by molar-refractivity contribution is -0.392. The molecular weight excluding hydrogens is 188 g/mol. The smallest absolute Gasteiger partial charge is 0.345 e. The first kappa shape index (κ1) is 8.67. The van der Waals surface area contributed by atoms with E-state index in [9.17, 15) is 14.9 Å². The minimum Gasteiger partial charge on any atom is -0.364 e. The van der Waals surface area contributed by atoms with E-state index in [1.807, 2.05) is 0 Å². The summed E-state index contributed by atoms with van der Waals surface area (Å²) in [4.78, 5) is 20.8. The van der Waals surface area contributed by atoms with Gasteiger partial charge in [0.25, 0.3) is 5.91 Å². The van der Waals surface area contributed by atoms with Gasteiger partial charge in [-0.1, -0.05) is 5.10 Å². The molecule has 74 valence electrons. The van der Waals surface area contributed by atoms with Crippen molar-refractivity contribution >= 4 is 11.7 Å². The van der Waals surface area contributed by atoms with Crippen molar-refractivity contribution in [3.8, 4) is 0 Å². The minimum atomic E-state index is -0.743. The molecule has 0 aromatic carbocycles. The van der Waals surface area contributed by atoms with Gasteiger partial charge in [0.15, 0.2) is 5.69 Å². The highest BCUT2D eigenvalue weighted by atomic mass is 16.6. The van der Waals surface area contributed by atoms with Gasteiger partial charge in [0.05, 0.1) is 6.07 Å². The summed E-state index contributed by atoms with van der Waals surface area (Å²) in [6, 6.07) is 1.17. The molecule has 0 radical (unpaired) electrons. The number of primary amides is 1. The fraction of sp³-hybridized carbons (Fsp3) is 0.429. The Kier molecular flexibility index (Phi) is 1.73. The molecule has 1 aromatic rings. The van der Waals surface area contributed by atoms with Crippen molar-refractivity contribution in [2.24, 2.45) is 5.73 Å². The largest absolute Gasteiger partial charge is 0.364 e. The average Bonchev–Trinajstić information content (AvgIpc) is 2.83. The minimum absolute atomic E-state index is 0.0522. The number of nitrogens with zero attached hydrogens (tertiary/aromatic N) is 3. The van der Waals surface area contributed by atoms with Crippen molar-refractivity contribution in [3.05, 3.63) is 21.9 Å². The second-order valence-corrected chi connectivity index (χ2v) is 3.18. The third kappa shape index (κ3) is 1.32. The van der Waals surface area contributed by atoms with Gasteiger partial charge in [-0.2, -0.15) is 0 Å². The number of rotatable bonds is 3. The van der Waals surface area contributed by atoms with Crippen molar-refractivity contribution in [2.75, 3.05) is 0 Å². The Balaban J connectivity index is 2.45. The monoisotopic (exact) mass is 196 g/mol. The Labute approximate surface area is 78.6 Å². The van der Waals surface area contributed by atoms with Gasteiger partial charge in [-0.05, 0) is 17.8 Å². The summed E-state index contributed by atoms with van der Waals surface area (Å²) < 4.78 is 1.26. The number of nitrogens with two attached hydrogens (primary N) is 1. The molecule has 0 unspecified atom stereocenters. The Bertz CT molecular complexity index is 407. The lowest BCUT2D eigenvalue weighted by atomic mass is 10.4. The normalized spacial score (nSPS) is 15.4. The lowest BCUT2D eigenvalue weighted by Gasteiger charge is -1.94. The van der Waals surface area contributed by atoms with Crippen LogP contribution in [-0.2, 0) is 0 Å². The van der Waals surface area contributed by atoms with Crippen LogP contribution in [0.5, 0.6) is 0 Å². The Morgan fingerprint density at radius 2 is 2.36 bits per heavy atom. The van der Waals surface area contributed by atoms with Gasteiger partial charge in [0.1, 0.15) is 6.04 Å². The zero-order valence-corrected chi connectivity index (χ0v) is 7.21. The van der Waals surface area contributed by atoms with Crippen LogP contribution in [0, 0.1) is 10.1 Å². The van der Waals surface area contributed by atoms with Crippen LogP contribution < -0.4 is 5.73 Å². The van der Waals surface area contributed by atoms with Gasteiger partial charge >= 0.3 is 5.82 Å². The number of aromatic nitrogens is 2.